The summed E-state index contributed by atoms with van der Waals surface area (Å²) in [6.45, 7) is 5.79. The molecule has 2 amide bonds. The van der Waals surface area contributed by atoms with E-state index < -0.39 is 6.04 Å². The fourth-order valence-corrected chi connectivity index (χ4v) is 4.48. The first kappa shape index (κ1) is 29.0. The molecule has 0 unspecified atom stereocenters. The Bertz CT molecular complexity index is 1220. The molecule has 3 aromatic carbocycles. The number of carbonyl (C=O) groups is 2. The van der Waals surface area contributed by atoms with Crippen LogP contribution in [0.1, 0.15) is 37.0 Å². The third-order valence-corrected chi connectivity index (χ3v) is 7.60. The topological polar surface area (TPSA) is 58.6 Å². The molecule has 37 heavy (non-hydrogen) atoms. The van der Waals surface area contributed by atoms with Crippen LogP contribution in [0.15, 0.2) is 71.2 Å². The molecule has 0 saturated carbocycles. The van der Waals surface area contributed by atoms with Crippen molar-refractivity contribution in [3.05, 3.63) is 97.9 Å². The number of ether oxygens (including phenoxy) is 1. The first-order valence-electron chi connectivity index (χ1n) is 12.1. The molecule has 3 aromatic rings. The summed E-state index contributed by atoms with van der Waals surface area (Å²) in [5.41, 5.74) is 2.62. The number of halogens is 3. The van der Waals surface area contributed by atoms with Crippen LogP contribution in [0.25, 0.3) is 0 Å². The minimum Gasteiger partial charge on any atom is -0.484 e. The zero-order chi connectivity index (χ0) is 26.9. The van der Waals surface area contributed by atoms with Crippen molar-refractivity contribution in [1.29, 1.82) is 0 Å². The normalized spacial score (nSPS) is 12.5. The average Bonchev–Trinajstić information content (AvgIpc) is 2.88. The van der Waals surface area contributed by atoms with Gasteiger partial charge in [-0.25, -0.2) is 0 Å². The van der Waals surface area contributed by atoms with Gasteiger partial charge in [-0.2, -0.15) is 0 Å². The minimum atomic E-state index is -0.772. The number of carbonyl (C=O) groups excluding carboxylic acids is 2. The highest BCUT2D eigenvalue weighted by atomic mass is 79.9. The van der Waals surface area contributed by atoms with E-state index in [1.54, 1.807) is 29.2 Å². The van der Waals surface area contributed by atoms with E-state index in [1.807, 2.05) is 63.2 Å². The summed E-state index contributed by atoms with van der Waals surface area (Å²) in [6, 6.07) is 19.5. The lowest BCUT2D eigenvalue weighted by Crippen LogP contribution is -2.53. The summed E-state index contributed by atoms with van der Waals surface area (Å²) in [5, 5.41) is 3.97. The maximum Gasteiger partial charge on any atom is 0.261 e. The van der Waals surface area contributed by atoms with Gasteiger partial charge in [0.05, 0.1) is 0 Å². The molecular weight excluding hydrogens is 575 g/mol. The summed E-state index contributed by atoms with van der Waals surface area (Å²) in [5.74, 6) is 0.0186. The number of benzene rings is 3. The van der Waals surface area contributed by atoms with Crippen molar-refractivity contribution in [3.63, 3.8) is 0 Å². The van der Waals surface area contributed by atoms with Gasteiger partial charge >= 0.3 is 0 Å². The molecule has 0 radical (unpaired) electrons. The Labute approximate surface area is 237 Å². The fraction of sp³-hybridized carbons (Fsp3) is 0.310. The van der Waals surface area contributed by atoms with Crippen molar-refractivity contribution in [2.24, 2.45) is 0 Å². The van der Waals surface area contributed by atoms with Gasteiger partial charge < -0.3 is 15.0 Å². The van der Waals surface area contributed by atoms with Gasteiger partial charge in [0.15, 0.2) is 6.61 Å². The highest BCUT2D eigenvalue weighted by molar-refractivity contribution is 9.10. The summed E-state index contributed by atoms with van der Waals surface area (Å²) >= 11 is 16.1. The Morgan fingerprint density at radius 1 is 1.05 bits per heavy atom. The Hall–Kier alpha value is -2.54. The predicted molar refractivity (Wildman–Crippen MR) is 153 cm³/mol. The second-order valence-corrected chi connectivity index (χ2v) is 10.7. The quantitative estimate of drug-likeness (QED) is 0.256. The largest absolute Gasteiger partial charge is 0.484 e. The molecule has 8 heteroatoms. The summed E-state index contributed by atoms with van der Waals surface area (Å²) in [7, 11) is 0. The lowest BCUT2D eigenvalue weighted by Gasteiger charge is -2.32. The second-order valence-electron chi connectivity index (χ2n) is 8.98. The van der Waals surface area contributed by atoms with Crippen LogP contribution in [0.2, 0.25) is 10.0 Å². The highest BCUT2D eigenvalue weighted by Gasteiger charge is 2.31. The van der Waals surface area contributed by atoms with Crippen LogP contribution in [-0.2, 0) is 22.6 Å². The Balaban J connectivity index is 1.94. The standard InChI is InChI=1S/C29H31BrCl2N2O3/c1-4-20(3)33-29(36)27(15-21-8-6-5-7-9-21)34(17-22-10-11-23(31)16-26(22)32)28(35)18-37-24-12-13-25(30)19(2)14-24/h5-14,16,20,27H,4,15,17-18H2,1-3H3,(H,33,36)/t20-,27-/m1/s1. The molecular formula is C29H31BrCl2N2O3. The number of hydrogen-bond acceptors (Lipinski definition) is 3. The van der Waals surface area contributed by atoms with E-state index in [1.165, 1.54) is 0 Å². The number of amides is 2. The molecule has 0 heterocycles. The molecule has 0 aromatic heterocycles. The number of hydrogen-bond donors (Lipinski definition) is 1. The van der Waals surface area contributed by atoms with Gasteiger partial charge in [0.25, 0.3) is 5.91 Å². The second kappa shape index (κ2) is 13.8. The first-order chi connectivity index (χ1) is 17.7. The van der Waals surface area contributed by atoms with Gasteiger partial charge in [-0.3, -0.25) is 9.59 Å². The summed E-state index contributed by atoms with van der Waals surface area (Å²) < 4.78 is 6.81. The molecule has 0 fully saturated rings. The van der Waals surface area contributed by atoms with E-state index in [0.717, 1.165) is 22.0 Å². The molecule has 1 N–H and O–H groups in total. The van der Waals surface area contributed by atoms with Crippen molar-refractivity contribution < 1.29 is 14.3 Å². The van der Waals surface area contributed by atoms with E-state index in [9.17, 15) is 9.59 Å². The number of aryl methyl sites for hydroxylation is 1. The lowest BCUT2D eigenvalue weighted by molar-refractivity contribution is -0.143. The maximum absolute atomic E-state index is 13.7. The van der Waals surface area contributed by atoms with Gasteiger partial charge in [-0.05, 0) is 67.3 Å². The zero-order valence-corrected chi connectivity index (χ0v) is 24.2. The molecule has 0 spiro atoms. The Morgan fingerprint density at radius 2 is 1.78 bits per heavy atom. The molecule has 0 bridgehead atoms. The third-order valence-electron chi connectivity index (χ3n) is 6.12. The monoisotopic (exact) mass is 604 g/mol. The van der Waals surface area contributed by atoms with Gasteiger partial charge in [0.1, 0.15) is 11.8 Å². The molecule has 0 aliphatic carbocycles. The van der Waals surface area contributed by atoms with E-state index in [-0.39, 0.29) is 31.0 Å². The SMILES string of the molecule is CC[C@@H](C)NC(=O)[C@@H](Cc1ccccc1)N(Cc1ccc(Cl)cc1Cl)C(=O)COc1ccc(Br)c(C)c1. The molecule has 3 rings (SSSR count). The van der Waals surface area contributed by atoms with Crippen LogP contribution < -0.4 is 10.1 Å². The predicted octanol–water partition coefficient (Wildman–Crippen LogP) is 7.00. The van der Waals surface area contributed by atoms with Gasteiger partial charge in [-0.15, -0.1) is 0 Å². The maximum atomic E-state index is 13.7. The van der Waals surface area contributed by atoms with Crippen LogP contribution >= 0.6 is 39.1 Å². The molecule has 0 aliphatic heterocycles. The van der Waals surface area contributed by atoms with E-state index in [0.29, 0.717) is 27.8 Å². The van der Waals surface area contributed by atoms with Crippen LogP contribution in [-0.4, -0.2) is 35.4 Å². The van der Waals surface area contributed by atoms with Crippen LogP contribution in [0, 0.1) is 6.92 Å². The van der Waals surface area contributed by atoms with Crippen molar-refractivity contribution in [2.75, 3.05) is 6.61 Å². The van der Waals surface area contributed by atoms with Crippen molar-refractivity contribution in [2.45, 2.75) is 52.2 Å². The van der Waals surface area contributed by atoms with E-state index in [4.69, 9.17) is 27.9 Å². The number of nitrogens with zero attached hydrogens (tertiary/aromatic N) is 1. The van der Waals surface area contributed by atoms with E-state index in [2.05, 4.69) is 21.2 Å². The van der Waals surface area contributed by atoms with Crippen LogP contribution in [0.4, 0.5) is 0 Å². The van der Waals surface area contributed by atoms with Gasteiger partial charge in [0, 0.05) is 33.5 Å². The van der Waals surface area contributed by atoms with Gasteiger partial charge in [0.2, 0.25) is 5.91 Å². The third kappa shape index (κ3) is 8.49. The van der Waals surface area contributed by atoms with Crippen molar-refractivity contribution in [1.82, 2.24) is 10.2 Å². The molecule has 196 valence electrons. The van der Waals surface area contributed by atoms with Crippen molar-refractivity contribution >= 4 is 50.9 Å². The molecule has 5 nitrogen and oxygen atoms in total. The highest BCUT2D eigenvalue weighted by Crippen LogP contribution is 2.25. The Morgan fingerprint density at radius 3 is 2.43 bits per heavy atom. The van der Waals surface area contributed by atoms with Crippen LogP contribution in [0.3, 0.4) is 0 Å². The number of nitrogens with one attached hydrogen (secondary N) is 1. The summed E-state index contributed by atoms with van der Waals surface area (Å²) in [4.78, 5) is 28.8. The average molecular weight is 606 g/mol. The Kier molecular flexibility index (Phi) is 10.9. The first-order valence-corrected chi connectivity index (χ1v) is 13.7. The van der Waals surface area contributed by atoms with E-state index >= 15 is 0 Å². The van der Waals surface area contributed by atoms with Crippen molar-refractivity contribution in [3.8, 4) is 5.75 Å². The molecule has 2 atom stereocenters. The smallest absolute Gasteiger partial charge is 0.261 e. The molecule has 0 saturated heterocycles. The van der Waals surface area contributed by atoms with Gasteiger partial charge in [-0.1, -0.05) is 82.5 Å². The minimum absolute atomic E-state index is 0.0381. The number of rotatable bonds is 11. The fourth-order valence-electron chi connectivity index (χ4n) is 3.76. The summed E-state index contributed by atoms with van der Waals surface area (Å²) in [6.07, 6.45) is 1.12. The zero-order valence-electron chi connectivity index (χ0n) is 21.1. The molecule has 0 aliphatic rings. The lowest BCUT2D eigenvalue weighted by atomic mass is 10.0. The van der Waals surface area contributed by atoms with Crippen LogP contribution in [0.5, 0.6) is 5.75 Å².